The normalized spacial score (nSPS) is 21.8. The topological polar surface area (TPSA) is 98.5 Å². The Morgan fingerprint density at radius 1 is 1.39 bits per heavy atom. The fourth-order valence-corrected chi connectivity index (χ4v) is 3.89. The number of nitrogens with one attached hydrogen (secondary N) is 1. The first-order valence-corrected chi connectivity index (χ1v) is 8.99. The third kappa shape index (κ3) is 4.61. The number of nitro benzene ring substituents is 1. The molecule has 128 valence electrons. The summed E-state index contributed by atoms with van der Waals surface area (Å²) in [6, 6.07) is 3.01. The molecule has 1 aliphatic rings. The molecule has 0 heterocycles. The zero-order valence-electron chi connectivity index (χ0n) is 12.7. The largest absolute Gasteiger partial charge is 0.483 e. The highest BCUT2D eigenvalue weighted by molar-refractivity contribution is 7.89. The van der Waals surface area contributed by atoms with Gasteiger partial charge in [-0.1, -0.05) is 6.42 Å². The van der Waals surface area contributed by atoms with Crippen LogP contribution >= 0.6 is 0 Å². The SMILES string of the molecule is CNS(=O)(=O)C[C@@H]1CCCC[C@H]1Oc1cc(F)ccc1[N+](=O)[O-]. The Balaban J connectivity index is 2.22. The summed E-state index contributed by atoms with van der Waals surface area (Å²) < 4.78 is 44.8. The van der Waals surface area contributed by atoms with Gasteiger partial charge in [-0.05, 0) is 32.4 Å². The molecule has 2 atom stereocenters. The lowest BCUT2D eigenvalue weighted by molar-refractivity contribution is -0.386. The van der Waals surface area contributed by atoms with Gasteiger partial charge in [0.15, 0.2) is 5.75 Å². The van der Waals surface area contributed by atoms with Gasteiger partial charge >= 0.3 is 5.69 Å². The van der Waals surface area contributed by atoms with Crippen LogP contribution in [-0.2, 0) is 10.0 Å². The van der Waals surface area contributed by atoms with Crippen LogP contribution in [0, 0.1) is 21.8 Å². The van der Waals surface area contributed by atoms with Crippen LogP contribution < -0.4 is 9.46 Å². The molecule has 2 rings (SSSR count). The Morgan fingerprint density at radius 3 is 2.74 bits per heavy atom. The van der Waals surface area contributed by atoms with Crippen molar-refractivity contribution in [3.63, 3.8) is 0 Å². The molecule has 0 radical (unpaired) electrons. The highest BCUT2D eigenvalue weighted by atomic mass is 32.2. The fraction of sp³-hybridized carbons (Fsp3) is 0.571. The number of rotatable bonds is 6. The van der Waals surface area contributed by atoms with Crippen molar-refractivity contribution in [3.05, 3.63) is 34.1 Å². The molecule has 0 aromatic heterocycles. The fourth-order valence-electron chi connectivity index (χ4n) is 2.78. The lowest BCUT2D eigenvalue weighted by Crippen LogP contribution is -2.38. The maximum Gasteiger partial charge on any atom is 0.311 e. The number of ether oxygens (including phenoxy) is 1. The summed E-state index contributed by atoms with van der Waals surface area (Å²) in [5.41, 5.74) is -0.327. The van der Waals surface area contributed by atoms with Gasteiger partial charge in [-0.25, -0.2) is 17.5 Å². The van der Waals surface area contributed by atoms with Crippen molar-refractivity contribution in [3.8, 4) is 5.75 Å². The highest BCUT2D eigenvalue weighted by Gasteiger charge is 2.32. The number of nitrogens with zero attached hydrogens (tertiary/aromatic N) is 1. The van der Waals surface area contributed by atoms with E-state index in [1.807, 2.05) is 0 Å². The zero-order chi connectivity index (χ0) is 17.0. The van der Waals surface area contributed by atoms with E-state index in [1.165, 1.54) is 7.05 Å². The molecular formula is C14H19FN2O5S. The van der Waals surface area contributed by atoms with Gasteiger partial charge in [-0.2, -0.15) is 0 Å². The second-order valence-corrected chi connectivity index (χ2v) is 7.53. The van der Waals surface area contributed by atoms with Crippen molar-refractivity contribution in [1.29, 1.82) is 0 Å². The molecule has 1 aromatic rings. The zero-order valence-corrected chi connectivity index (χ0v) is 13.5. The van der Waals surface area contributed by atoms with Crippen molar-refractivity contribution in [1.82, 2.24) is 4.72 Å². The number of hydrogen-bond donors (Lipinski definition) is 1. The number of benzene rings is 1. The summed E-state index contributed by atoms with van der Waals surface area (Å²) >= 11 is 0. The summed E-state index contributed by atoms with van der Waals surface area (Å²) in [6.07, 6.45) is 2.44. The Bertz CT molecular complexity index is 680. The lowest BCUT2D eigenvalue weighted by atomic mass is 9.88. The van der Waals surface area contributed by atoms with Crippen molar-refractivity contribution >= 4 is 15.7 Å². The van der Waals surface area contributed by atoms with E-state index < -0.39 is 26.9 Å². The van der Waals surface area contributed by atoms with Gasteiger partial charge in [0, 0.05) is 18.1 Å². The summed E-state index contributed by atoms with van der Waals surface area (Å²) in [7, 11) is -2.08. The standard InChI is InChI=1S/C14H19FN2O5S/c1-16-23(20,21)9-10-4-2-3-5-13(10)22-14-8-11(15)6-7-12(14)17(18)19/h6-8,10,13,16H,2-5,9H2,1H3/t10-,13+/m0/s1. The number of halogens is 1. The van der Waals surface area contributed by atoms with Crippen molar-refractivity contribution in [2.75, 3.05) is 12.8 Å². The number of hydrogen-bond acceptors (Lipinski definition) is 5. The van der Waals surface area contributed by atoms with E-state index in [9.17, 15) is 22.9 Å². The Hall–Kier alpha value is -1.74. The van der Waals surface area contributed by atoms with E-state index in [0.29, 0.717) is 12.8 Å². The van der Waals surface area contributed by atoms with Crippen LogP contribution in [0.25, 0.3) is 0 Å². The molecule has 1 aliphatic carbocycles. The van der Waals surface area contributed by atoms with Crippen molar-refractivity contribution in [2.24, 2.45) is 5.92 Å². The van der Waals surface area contributed by atoms with Crippen LogP contribution in [0.15, 0.2) is 18.2 Å². The molecule has 1 fully saturated rings. The molecule has 9 heteroatoms. The highest BCUT2D eigenvalue weighted by Crippen LogP contribution is 2.34. The van der Waals surface area contributed by atoms with E-state index in [-0.39, 0.29) is 23.1 Å². The quantitative estimate of drug-likeness (QED) is 0.629. The predicted octanol–water partition coefficient (Wildman–Crippen LogP) is 2.22. The molecule has 7 nitrogen and oxygen atoms in total. The van der Waals surface area contributed by atoms with Crippen LogP contribution in [-0.4, -0.2) is 32.2 Å². The second kappa shape index (κ2) is 7.22. The van der Waals surface area contributed by atoms with Crippen LogP contribution in [0.2, 0.25) is 0 Å². The molecule has 1 N–H and O–H groups in total. The molecule has 0 amide bonds. The molecule has 1 saturated carbocycles. The minimum Gasteiger partial charge on any atom is -0.483 e. The van der Waals surface area contributed by atoms with Crippen LogP contribution in [0.5, 0.6) is 5.75 Å². The number of sulfonamides is 1. The van der Waals surface area contributed by atoms with Gasteiger partial charge in [-0.15, -0.1) is 0 Å². The van der Waals surface area contributed by atoms with E-state index in [1.54, 1.807) is 0 Å². The molecule has 23 heavy (non-hydrogen) atoms. The monoisotopic (exact) mass is 346 g/mol. The van der Waals surface area contributed by atoms with Gasteiger partial charge in [0.25, 0.3) is 0 Å². The maximum atomic E-state index is 13.4. The van der Waals surface area contributed by atoms with Crippen molar-refractivity contribution in [2.45, 2.75) is 31.8 Å². The first-order valence-electron chi connectivity index (χ1n) is 7.34. The molecule has 0 bridgehead atoms. The van der Waals surface area contributed by atoms with Crippen LogP contribution in [0.1, 0.15) is 25.7 Å². The molecule has 0 unspecified atom stereocenters. The van der Waals surface area contributed by atoms with E-state index in [0.717, 1.165) is 31.0 Å². The Kier molecular flexibility index (Phi) is 5.53. The first-order chi connectivity index (χ1) is 10.8. The second-order valence-electron chi connectivity index (χ2n) is 5.56. The smallest absolute Gasteiger partial charge is 0.311 e. The molecule has 0 spiro atoms. The third-order valence-electron chi connectivity index (χ3n) is 3.98. The average Bonchev–Trinajstić information content (AvgIpc) is 2.49. The van der Waals surface area contributed by atoms with Crippen LogP contribution in [0.3, 0.4) is 0 Å². The van der Waals surface area contributed by atoms with Gasteiger partial charge in [0.2, 0.25) is 10.0 Å². The molecule has 0 aliphatic heterocycles. The minimum atomic E-state index is -3.42. The van der Waals surface area contributed by atoms with Crippen LogP contribution in [0.4, 0.5) is 10.1 Å². The van der Waals surface area contributed by atoms with E-state index in [2.05, 4.69) is 4.72 Å². The van der Waals surface area contributed by atoms with Crippen molar-refractivity contribution < 1.29 is 22.5 Å². The Morgan fingerprint density at radius 2 is 2.09 bits per heavy atom. The summed E-state index contributed by atoms with van der Waals surface area (Å²) in [5, 5.41) is 11.0. The molecule has 1 aromatic carbocycles. The summed E-state index contributed by atoms with van der Waals surface area (Å²) in [5.74, 6) is -1.20. The minimum absolute atomic E-state index is 0.114. The van der Waals surface area contributed by atoms with Gasteiger partial charge in [0.1, 0.15) is 11.9 Å². The average molecular weight is 346 g/mol. The predicted molar refractivity (Wildman–Crippen MR) is 82.3 cm³/mol. The van der Waals surface area contributed by atoms with Gasteiger partial charge in [-0.3, -0.25) is 10.1 Å². The van der Waals surface area contributed by atoms with E-state index in [4.69, 9.17) is 4.74 Å². The van der Waals surface area contributed by atoms with Gasteiger partial charge < -0.3 is 4.74 Å². The summed E-state index contributed by atoms with van der Waals surface area (Å²) in [4.78, 5) is 10.4. The lowest BCUT2D eigenvalue weighted by Gasteiger charge is -2.31. The Labute approximate surface area is 134 Å². The summed E-state index contributed by atoms with van der Waals surface area (Å²) in [6.45, 7) is 0. The molecular weight excluding hydrogens is 327 g/mol. The third-order valence-corrected chi connectivity index (χ3v) is 5.47. The molecule has 0 saturated heterocycles. The maximum absolute atomic E-state index is 13.4. The number of nitro groups is 1. The first kappa shape index (κ1) is 17.6. The van der Waals surface area contributed by atoms with E-state index >= 15 is 0 Å². The van der Waals surface area contributed by atoms with Gasteiger partial charge in [0.05, 0.1) is 10.7 Å².